The van der Waals surface area contributed by atoms with Crippen LogP contribution in [0.5, 0.6) is 0 Å². The second-order valence-corrected chi connectivity index (χ2v) is 9.82. The summed E-state index contributed by atoms with van der Waals surface area (Å²) in [5, 5.41) is 7.90. The molecule has 0 radical (unpaired) electrons. The van der Waals surface area contributed by atoms with Crippen molar-refractivity contribution in [1.82, 2.24) is 14.0 Å². The van der Waals surface area contributed by atoms with Crippen LogP contribution in [0, 0.1) is 0 Å². The number of anilines is 1. The molecule has 1 aliphatic heterocycles. The van der Waals surface area contributed by atoms with E-state index >= 15 is 0 Å². The number of hydrogen-bond acceptors (Lipinski definition) is 5. The standard InChI is InChI=1S/C19H20N4O2S3/c24-28(25,23-9-1-2-10-23)17-6-3-14(4-7-17)12-20-19(26)22-16-5-8-18-15(11-16)13-21-27-18/h3-8,11,13H,1-2,9-10,12H2,(H2,20,22,26). The van der Waals surface area contributed by atoms with E-state index < -0.39 is 10.0 Å². The third kappa shape index (κ3) is 4.17. The highest BCUT2D eigenvalue weighted by atomic mass is 32.2. The van der Waals surface area contributed by atoms with Gasteiger partial charge in [0, 0.05) is 36.9 Å². The van der Waals surface area contributed by atoms with E-state index in [9.17, 15) is 8.42 Å². The largest absolute Gasteiger partial charge is 0.358 e. The van der Waals surface area contributed by atoms with Crippen LogP contribution in [0.1, 0.15) is 18.4 Å². The van der Waals surface area contributed by atoms with Gasteiger partial charge in [-0.25, -0.2) is 8.42 Å². The summed E-state index contributed by atoms with van der Waals surface area (Å²) in [5.41, 5.74) is 1.86. The van der Waals surface area contributed by atoms with E-state index in [1.54, 1.807) is 16.4 Å². The molecule has 146 valence electrons. The van der Waals surface area contributed by atoms with Crippen LogP contribution in [0.25, 0.3) is 10.1 Å². The predicted molar refractivity (Wildman–Crippen MR) is 117 cm³/mol. The Kier molecular flexibility index (Phi) is 5.58. The van der Waals surface area contributed by atoms with Crippen LogP contribution in [0.3, 0.4) is 0 Å². The van der Waals surface area contributed by atoms with Crippen LogP contribution < -0.4 is 10.6 Å². The van der Waals surface area contributed by atoms with E-state index in [0.717, 1.165) is 34.2 Å². The van der Waals surface area contributed by atoms with Crippen LogP contribution in [0.15, 0.2) is 53.6 Å². The monoisotopic (exact) mass is 432 g/mol. The molecule has 0 atom stereocenters. The maximum absolute atomic E-state index is 12.6. The van der Waals surface area contributed by atoms with Crippen molar-refractivity contribution in [2.45, 2.75) is 24.3 Å². The maximum Gasteiger partial charge on any atom is 0.243 e. The first-order valence-electron chi connectivity index (χ1n) is 9.01. The number of sulfonamides is 1. The quantitative estimate of drug-likeness (QED) is 0.601. The minimum atomic E-state index is -3.37. The molecule has 2 N–H and O–H groups in total. The third-order valence-electron chi connectivity index (χ3n) is 4.69. The highest BCUT2D eigenvalue weighted by molar-refractivity contribution is 7.89. The van der Waals surface area contributed by atoms with Crippen molar-refractivity contribution in [2.24, 2.45) is 0 Å². The summed E-state index contributed by atoms with van der Waals surface area (Å²) in [6, 6.07) is 13.0. The number of aromatic nitrogens is 1. The van der Waals surface area contributed by atoms with E-state index in [4.69, 9.17) is 12.2 Å². The molecule has 0 spiro atoms. The van der Waals surface area contributed by atoms with Gasteiger partial charge in [0.25, 0.3) is 0 Å². The first-order chi connectivity index (χ1) is 13.5. The normalized spacial score (nSPS) is 15.0. The number of thiocarbonyl (C=S) groups is 1. The Balaban J connectivity index is 1.34. The molecule has 0 unspecified atom stereocenters. The van der Waals surface area contributed by atoms with E-state index in [0.29, 0.717) is 29.6 Å². The van der Waals surface area contributed by atoms with Gasteiger partial charge in [0.1, 0.15) is 0 Å². The average molecular weight is 433 g/mol. The van der Waals surface area contributed by atoms with Gasteiger partial charge in [-0.15, -0.1) is 0 Å². The van der Waals surface area contributed by atoms with E-state index in [1.165, 1.54) is 11.5 Å². The summed E-state index contributed by atoms with van der Waals surface area (Å²) in [7, 11) is -3.37. The van der Waals surface area contributed by atoms with Gasteiger partial charge in [0.05, 0.1) is 9.60 Å². The molecular formula is C19H20N4O2S3. The molecule has 6 nitrogen and oxygen atoms in total. The van der Waals surface area contributed by atoms with Crippen LogP contribution in [0.4, 0.5) is 5.69 Å². The molecule has 0 bridgehead atoms. The minimum Gasteiger partial charge on any atom is -0.358 e. The Hall–Kier alpha value is -2.07. The highest BCUT2D eigenvalue weighted by Gasteiger charge is 2.26. The lowest BCUT2D eigenvalue weighted by Crippen LogP contribution is -2.28. The molecular weight excluding hydrogens is 412 g/mol. The lowest BCUT2D eigenvalue weighted by Gasteiger charge is -2.16. The molecule has 9 heteroatoms. The second kappa shape index (κ2) is 8.12. The van der Waals surface area contributed by atoms with Crippen molar-refractivity contribution in [1.29, 1.82) is 0 Å². The van der Waals surface area contributed by atoms with Gasteiger partial charge in [-0.3, -0.25) is 0 Å². The highest BCUT2D eigenvalue weighted by Crippen LogP contribution is 2.22. The third-order valence-corrected chi connectivity index (χ3v) is 7.63. The Labute approximate surface area is 173 Å². The first kappa shape index (κ1) is 19.3. The molecule has 0 aliphatic carbocycles. The summed E-state index contributed by atoms with van der Waals surface area (Å²) >= 11 is 6.82. The Bertz CT molecular complexity index is 1090. The molecule has 2 heterocycles. The van der Waals surface area contributed by atoms with E-state index in [1.807, 2.05) is 36.5 Å². The number of fused-ring (bicyclic) bond motifs is 1. The number of nitrogens with one attached hydrogen (secondary N) is 2. The molecule has 3 aromatic rings. The average Bonchev–Trinajstić information content (AvgIpc) is 3.38. The van der Waals surface area contributed by atoms with Crippen molar-refractivity contribution >= 4 is 54.7 Å². The minimum absolute atomic E-state index is 0.344. The summed E-state index contributed by atoms with van der Waals surface area (Å²) < 4.78 is 32.0. The van der Waals surface area contributed by atoms with Crippen molar-refractivity contribution in [3.05, 3.63) is 54.2 Å². The maximum atomic E-state index is 12.6. The SMILES string of the molecule is O=S(=O)(c1ccc(CNC(=S)Nc2ccc3sncc3c2)cc1)N1CCCC1. The molecule has 28 heavy (non-hydrogen) atoms. The summed E-state index contributed by atoms with van der Waals surface area (Å²) in [6.07, 6.45) is 3.70. The molecule has 4 rings (SSSR count). The van der Waals surface area contributed by atoms with Crippen molar-refractivity contribution in [2.75, 3.05) is 18.4 Å². The van der Waals surface area contributed by atoms with Crippen molar-refractivity contribution in [3.8, 4) is 0 Å². The second-order valence-electron chi connectivity index (χ2n) is 6.64. The topological polar surface area (TPSA) is 74.3 Å². The van der Waals surface area contributed by atoms with Gasteiger partial charge < -0.3 is 10.6 Å². The number of benzene rings is 2. The van der Waals surface area contributed by atoms with Crippen LogP contribution in [0.2, 0.25) is 0 Å². The number of hydrogen-bond donors (Lipinski definition) is 2. The fourth-order valence-electron chi connectivity index (χ4n) is 3.16. The molecule has 0 amide bonds. The van der Waals surface area contributed by atoms with Crippen molar-refractivity contribution < 1.29 is 8.42 Å². The zero-order valence-corrected chi connectivity index (χ0v) is 17.5. The van der Waals surface area contributed by atoms with Crippen molar-refractivity contribution in [3.63, 3.8) is 0 Å². The molecule has 2 aromatic carbocycles. The van der Waals surface area contributed by atoms with Gasteiger partial charge in [0.15, 0.2) is 5.11 Å². The lowest BCUT2D eigenvalue weighted by molar-refractivity contribution is 0.477. The van der Waals surface area contributed by atoms with Crippen LogP contribution in [-0.4, -0.2) is 35.3 Å². The van der Waals surface area contributed by atoms with Gasteiger partial charge in [-0.2, -0.15) is 8.68 Å². The van der Waals surface area contributed by atoms with Gasteiger partial charge in [-0.1, -0.05) is 12.1 Å². The number of nitrogens with zero attached hydrogens (tertiary/aromatic N) is 2. The predicted octanol–water partition coefficient (Wildman–Crippen LogP) is 3.57. The Morgan fingerprint density at radius 1 is 1.14 bits per heavy atom. The zero-order chi connectivity index (χ0) is 19.6. The molecule has 1 aromatic heterocycles. The molecule has 0 saturated carbocycles. The summed E-state index contributed by atoms with van der Waals surface area (Å²) in [4.78, 5) is 0.344. The fraction of sp³-hybridized carbons (Fsp3) is 0.263. The Morgan fingerprint density at radius 2 is 1.89 bits per heavy atom. The van der Waals surface area contributed by atoms with Gasteiger partial charge in [0.2, 0.25) is 10.0 Å². The van der Waals surface area contributed by atoms with Crippen LogP contribution >= 0.6 is 23.8 Å². The Morgan fingerprint density at radius 3 is 2.64 bits per heavy atom. The molecule has 1 aliphatic rings. The van der Waals surface area contributed by atoms with Gasteiger partial charge in [-0.05, 0) is 72.5 Å². The zero-order valence-electron chi connectivity index (χ0n) is 15.1. The van der Waals surface area contributed by atoms with Gasteiger partial charge >= 0.3 is 0 Å². The van der Waals surface area contributed by atoms with Crippen LogP contribution in [-0.2, 0) is 16.6 Å². The molecule has 1 fully saturated rings. The summed E-state index contributed by atoms with van der Waals surface area (Å²) in [5.74, 6) is 0. The van der Waals surface area contributed by atoms with E-state index in [2.05, 4.69) is 15.0 Å². The number of rotatable bonds is 5. The molecule has 1 saturated heterocycles. The fourth-order valence-corrected chi connectivity index (χ4v) is 5.50. The smallest absolute Gasteiger partial charge is 0.243 e. The first-order valence-corrected chi connectivity index (χ1v) is 11.6. The summed E-state index contributed by atoms with van der Waals surface area (Å²) in [6.45, 7) is 1.73. The van der Waals surface area contributed by atoms with E-state index in [-0.39, 0.29) is 0 Å². The lowest BCUT2D eigenvalue weighted by atomic mass is 10.2.